The van der Waals surface area contributed by atoms with E-state index in [1.54, 1.807) is 30.5 Å². The van der Waals surface area contributed by atoms with E-state index in [9.17, 15) is 19.5 Å². The number of halogens is 1. The molecule has 1 heterocycles. The van der Waals surface area contributed by atoms with Gasteiger partial charge in [0.25, 0.3) is 0 Å². The molecule has 3 aromatic carbocycles. The molecule has 0 aliphatic heterocycles. The molecule has 0 fully saturated rings. The molecule has 7 nitrogen and oxygen atoms in total. The predicted octanol–water partition coefficient (Wildman–Crippen LogP) is 5.46. The number of esters is 1. The lowest BCUT2D eigenvalue weighted by atomic mass is 9.94. The van der Waals surface area contributed by atoms with E-state index < -0.39 is 17.5 Å². The molecule has 0 amide bonds. The Hall–Kier alpha value is -4.49. The van der Waals surface area contributed by atoms with E-state index in [2.05, 4.69) is 4.98 Å². The molecule has 0 saturated carbocycles. The van der Waals surface area contributed by atoms with Crippen LogP contribution in [0, 0.1) is 0 Å². The summed E-state index contributed by atoms with van der Waals surface area (Å²) in [6, 6.07) is 20.6. The fourth-order valence-corrected chi connectivity index (χ4v) is 3.77. The highest BCUT2D eigenvalue weighted by atomic mass is 35.5. The molecule has 0 atom stereocenters. The molecule has 1 aromatic heterocycles. The standard InChI is InChI=1S/C28H21ClN2O5/c1-31(20-9-7-19(29)8-10-20)21-11-13-25(30-16-21)27(34)18-6-12-23(24(15-18)28(35)36-2)26(33)17-4-3-5-22(32)14-17/h3-16,32H,1-2H3. The molecule has 0 saturated heterocycles. The van der Waals surface area contributed by atoms with Gasteiger partial charge < -0.3 is 14.7 Å². The molecule has 180 valence electrons. The maximum absolute atomic E-state index is 13.1. The molecule has 4 aromatic rings. The van der Waals surface area contributed by atoms with Crippen molar-refractivity contribution in [3.8, 4) is 5.75 Å². The molecule has 8 heteroatoms. The lowest BCUT2D eigenvalue weighted by molar-refractivity contribution is 0.0597. The maximum Gasteiger partial charge on any atom is 0.338 e. The number of ether oxygens (including phenoxy) is 1. The summed E-state index contributed by atoms with van der Waals surface area (Å²) in [4.78, 5) is 44.8. The van der Waals surface area contributed by atoms with Gasteiger partial charge in [-0.15, -0.1) is 0 Å². The van der Waals surface area contributed by atoms with E-state index >= 15 is 0 Å². The van der Waals surface area contributed by atoms with Gasteiger partial charge >= 0.3 is 5.97 Å². The molecule has 0 radical (unpaired) electrons. The highest BCUT2D eigenvalue weighted by Gasteiger charge is 2.22. The Morgan fingerprint density at radius 1 is 0.833 bits per heavy atom. The average molecular weight is 501 g/mol. The van der Waals surface area contributed by atoms with Crippen molar-refractivity contribution in [2.24, 2.45) is 0 Å². The minimum atomic E-state index is -0.763. The zero-order valence-electron chi connectivity index (χ0n) is 19.4. The van der Waals surface area contributed by atoms with Crippen molar-refractivity contribution >= 4 is 40.5 Å². The number of carbonyl (C=O) groups is 3. The summed E-state index contributed by atoms with van der Waals surface area (Å²) in [5, 5.41) is 10.3. The Morgan fingerprint density at radius 2 is 1.53 bits per heavy atom. The second-order valence-electron chi connectivity index (χ2n) is 7.90. The number of phenolic OH excluding ortho intramolecular Hbond substituents is 1. The summed E-state index contributed by atoms with van der Waals surface area (Å²) in [5.74, 6) is -1.75. The van der Waals surface area contributed by atoms with Crippen molar-refractivity contribution < 1.29 is 24.2 Å². The van der Waals surface area contributed by atoms with Crippen molar-refractivity contribution in [2.75, 3.05) is 19.1 Å². The number of anilines is 2. The lowest BCUT2D eigenvalue weighted by Gasteiger charge is -2.19. The van der Waals surface area contributed by atoms with Crippen LogP contribution in [0.2, 0.25) is 5.02 Å². The molecule has 0 bridgehead atoms. The number of methoxy groups -OCH3 is 1. The summed E-state index contributed by atoms with van der Waals surface area (Å²) in [5.41, 5.74) is 2.19. The summed E-state index contributed by atoms with van der Waals surface area (Å²) >= 11 is 5.95. The number of carbonyl (C=O) groups excluding carboxylic acids is 3. The van der Waals surface area contributed by atoms with Gasteiger partial charge in [0.2, 0.25) is 5.78 Å². The Morgan fingerprint density at radius 3 is 2.17 bits per heavy atom. The highest BCUT2D eigenvalue weighted by Crippen LogP contribution is 2.25. The molecular formula is C28H21ClN2O5. The Balaban J connectivity index is 1.62. The molecule has 0 unspecified atom stereocenters. The van der Waals surface area contributed by atoms with Crippen molar-refractivity contribution in [3.05, 3.63) is 118 Å². The van der Waals surface area contributed by atoms with Gasteiger partial charge in [0.15, 0.2) is 5.78 Å². The zero-order chi connectivity index (χ0) is 25.8. The topological polar surface area (TPSA) is 96.8 Å². The van der Waals surface area contributed by atoms with Crippen LogP contribution in [0.1, 0.15) is 42.3 Å². The van der Waals surface area contributed by atoms with E-state index in [-0.39, 0.29) is 33.7 Å². The summed E-state index contributed by atoms with van der Waals surface area (Å²) < 4.78 is 4.84. The van der Waals surface area contributed by atoms with Gasteiger partial charge in [-0.05, 0) is 60.7 Å². The van der Waals surface area contributed by atoms with Crippen LogP contribution < -0.4 is 4.90 Å². The van der Waals surface area contributed by atoms with Crippen molar-refractivity contribution in [2.45, 2.75) is 0 Å². The highest BCUT2D eigenvalue weighted by molar-refractivity contribution is 6.30. The van der Waals surface area contributed by atoms with Gasteiger partial charge in [0, 0.05) is 34.4 Å². The largest absolute Gasteiger partial charge is 0.508 e. The Labute approximate surface area is 212 Å². The molecule has 0 aliphatic carbocycles. The first kappa shape index (κ1) is 24.6. The van der Waals surface area contributed by atoms with E-state index in [0.717, 1.165) is 11.4 Å². The third-order valence-electron chi connectivity index (χ3n) is 5.62. The molecule has 1 N–H and O–H groups in total. The van der Waals surface area contributed by atoms with Crippen LogP contribution in [-0.2, 0) is 4.74 Å². The Bertz CT molecular complexity index is 1450. The van der Waals surface area contributed by atoms with Gasteiger partial charge in [-0.2, -0.15) is 0 Å². The number of pyridine rings is 1. The molecule has 36 heavy (non-hydrogen) atoms. The van der Waals surface area contributed by atoms with Gasteiger partial charge in [-0.3, -0.25) is 14.6 Å². The number of rotatable bonds is 7. The van der Waals surface area contributed by atoms with Crippen LogP contribution in [-0.4, -0.2) is 41.8 Å². The second kappa shape index (κ2) is 10.4. The number of aromatic nitrogens is 1. The monoisotopic (exact) mass is 500 g/mol. The first-order valence-corrected chi connectivity index (χ1v) is 11.2. The zero-order valence-corrected chi connectivity index (χ0v) is 20.2. The minimum absolute atomic E-state index is 0.0527. The van der Waals surface area contributed by atoms with Gasteiger partial charge in [-0.25, -0.2) is 4.79 Å². The SMILES string of the molecule is COC(=O)c1cc(C(=O)c2ccc(N(C)c3ccc(Cl)cc3)cn2)ccc1C(=O)c1cccc(O)c1. The van der Waals surface area contributed by atoms with E-state index in [0.29, 0.717) is 5.02 Å². The van der Waals surface area contributed by atoms with Crippen LogP contribution in [0.15, 0.2) is 85.1 Å². The molecular weight excluding hydrogens is 480 g/mol. The maximum atomic E-state index is 13.1. The van der Waals surface area contributed by atoms with Crippen LogP contribution in [0.25, 0.3) is 0 Å². The number of phenols is 1. The van der Waals surface area contributed by atoms with E-state index in [1.165, 1.54) is 49.6 Å². The quantitative estimate of drug-likeness (QED) is 0.266. The summed E-state index contributed by atoms with van der Waals surface area (Å²) in [6.07, 6.45) is 1.57. The summed E-state index contributed by atoms with van der Waals surface area (Å²) in [6.45, 7) is 0. The van der Waals surface area contributed by atoms with Gasteiger partial charge in [-0.1, -0.05) is 29.8 Å². The number of hydrogen-bond donors (Lipinski definition) is 1. The number of aromatic hydroxyl groups is 1. The lowest BCUT2D eigenvalue weighted by Crippen LogP contribution is -2.14. The van der Waals surface area contributed by atoms with Crippen LogP contribution in [0.5, 0.6) is 5.75 Å². The average Bonchev–Trinajstić information content (AvgIpc) is 2.91. The van der Waals surface area contributed by atoms with Crippen LogP contribution in [0.4, 0.5) is 11.4 Å². The Kier molecular flexibility index (Phi) is 7.12. The van der Waals surface area contributed by atoms with Crippen molar-refractivity contribution in [1.29, 1.82) is 0 Å². The molecule has 0 aliphatic rings. The van der Waals surface area contributed by atoms with Gasteiger partial charge in [0.1, 0.15) is 11.4 Å². The van der Waals surface area contributed by atoms with Crippen molar-refractivity contribution in [3.63, 3.8) is 0 Å². The number of hydrogen-bond acceptors (Lipinski definition) is 7. The van der Waals surface area contributed by atoms with Crippen LogP contribution in [0.3, 0.4) is 0 Å². The summed E-state index contributed by atoms with van der Waals surface area (Å²) in [7, 11) is 3.06. The van der Waals surface area contributed by atoms with Crippen LogP contribution >= 0.6 is 11.6 Å². The smallest absolute Gasteiger partial charge is 0.338 e. The number of benzene rings is 3. The van der Waals surface area contributed by atoms with E-state index in [1.807, 2.05) is 24.1 Å². The number of nitrogens with zero attached hydrogens (tertiary/aromatic N) is 2. The fourth-order valence-electron chi connectivity index (χ4n) is 3.65. The molecule has 0 spiro atoms. The second-order valence-corrected chi connectivity index (χ2v) is 8.33. The fraction of sp³-hybridized carbons (Fsp3) is 0.0714. The van der Waals surface area contributed by atoms with Crippen molar-refractivity contribution in [1.82, 2.24) is 4.98 Å². The third kappa shape index (κ3) is 5.11. The van der Waals surface area contributed by atoms with Gasteiger partial charge in [0.05, 0.1) is 24.6 Å². The first-order valence-electron chi connectivity index (χ1n) is 10.8. The molecule has 4 rings (SSSR count). The predicted molar refractivity (Wildman–Crippen MR) is 137 cm³/mol. The van der Waals surface area contributed by atoms with E-state index in [4.69, 9.17) is 16.3 Å². The minimum Gasteiger partial charge on any atom is -0.508 e. The normalized spacial score (nSPS) is 10.5. The first-order chi connectivity index (χ1) is 17.3. The third-order valence-corrected chi connectivity index (χ3v) is 5.87. The number of ketones is 2.